The van der Waals surface area contributed by atoms with Crippen LogP contribution in [0.15, 0.2) is 19.7 Å². The van der Waals surface area contributed by atoms with Crippen molar-refractivity contribution in [2.75, 3.05) is 6.54 Å². The van der Waals surface area contributed by atoms with Crippen molar-refractivity contribution in [2.24, 2.45) is 0 Å². The first-order chi connectivity index (χ1) is 15.9. The van der Waals surface area contributed by atoms with Gasteiger partial charge in [0.2, 0.25) is 5.91 Å². The summed E-state index contributed by atoms with van der Waals surface area (Å²) < 4.78 is 11.9. The van der Waals surface area contributed by atoms with E-state index in [1.165, 1.54) is 5.56 Å². The van der Waals surface area contributed by atoms with Gasteiger partial charge in [-0.25, -0.2) is 4.79 Å². The van der Waals surface area contributed by atoms with Gasteiger partial charge in [-0.15, -0.1) is 0 Å². The lowest BCUT2D eigenvalue weighted by Gasteiger charge is -2.11. The van der Waals surface area contributed by atoms with E-state index in [0.29, 0.717) is 30.5 Å². The first-order valence-corrected chi connectivity index (χ1v) is 11.9. The van der Waals surface area contributed by atoms with Gasteiger partial charge in [-0.1, -0.05) is 6.42 Å². The molecular formula is C26H31NO6. The van der Waals surface area contributed by atoms with Crippen LogP contribution in [0.25, 0.3) is 21.9 Å². The second-order valence-electron chi connectivity index (χ2n) is 9.01. The summed E-state index contributed by atoms with van der Waals surface area (Å²) in [6.45, 7) is 4.37. The number of hydrogen-bond donors (Lipinski definition) is 2. The Morgan fingerprint density at radius 3 is 2.52 bits per heavy atom. The Hall–Kier alpha value is -3.09. The molecule has 1 aliphatic rings. The first-order valence-electron chi connectivity index (χ1n) is 11.9. The first kappa shape index (κ1) is 23.1. The Kier molecular flexibility index (Phi) is 6.86. The monoisotopic (exact) mass is 453 g/mol. The van der Waals surface area contributed by atoms with E-state index in [1.807, 2.05) is 13.8 Å². The van der Waals surface area contributed by atoms with E-state index in [1.54, 1.807) is 0 Å². The number of carbonyl (C=O) groups excluding carboxylic acids is 1. The van der Waals surface area contributed by atoms with Crippen molar-refractivity contribution in [1.82, 2.24) is 5.32 Å². The molecule has 0 atom stereocenters. The van der Waals surface area contributed by atoms with E-state index in [4.69, 9.17) is 13.9 Å². The fraction of sp³-hybridized carbons (Fsp3) is 0.500. The third-order valence-electron chi connectivity index (χ3n) is 6.72. The molecule has 0 saturated heterocycles. The average molecular weight is 454 g/mol. The van der Waals surface area contributed by atoms with Crippen LogP contribution in [0.5, 0.6) is 0 Å². The summed E-state index contributed by atoms with van der Waals surface area (Å²) in [5.41, 5.74) is 4.49. The van der Waals surface area contributed by atoms with Gasteiger partial charge < -0.3 is 19.3 Å². The van der Waals surface area contributed by atoms with Crippen LogP contribution in [0.1, 0.15) is 73.0 Å². The maximum atomic E-state index is 12.8. The van der Waals surface area contributed by atoms with Gasteiger partial charge in [-0.05, 0) is 64.0 Å². The Bertz CT molecular complexity index is 1270. The van der Waals surface area contributed by atoms with Crippen LogP contribution in [-0.2, 0) is 28.9 Å². The van der Waals surface area contributed by atoms with Gasteiger partial charge in [-0.3, -0.25) is 9.59 Å². The zero-order valence-electron chi connectivity index (χ0n) is 19.3. The second-order valence-corrected chi connectivity index (χ2v) is 9.01. The van der Waals surface area contributed by atoms with Crippen molar-refractivity contribution in [3.8, 4) is 0 Å². The molecule has 0 radical (unpaired) electrons. The molecule has 2 heterocycles. The highest BCUT2D eigenvalue weighted by Crippen LogP contribution is 2.37. The number of unbranched alkanes of at least 4 members (excludes halogenated alkanes) is 2. The summed E-state index contributed by atoms with van der Waals surface area (Å²) in [5, 5.41) is 13.5. The van der Waals surface area contributed by atoms with E-state index in [9.17, 15) is 14.4 Å². The highest BCUT2D eigenvalue weighted by atomic mass is 16.4. The fourth-order valence-corrected chi connectivity index (χ4v) is 4.84. The summed E-state index contributed by atoms with van der Waals surface area (Å²) in [6, 6.07) is 2.09. The Morgan fingerprint density at radius 2 is 1.73 bits per heavy atom. The number of amides is 1. The summed E-state index contributed by atoms with van der Waals surface area (Å²) in [5.74, 6) is 0.129. The van der Waals surface area contributed by atoms with E-state index < -0.39 is 11.6 Å². The molecule has 0 spiro atoms. The molecule has 0 saturated carbocycles. The quantitative estimate of drug-likeness (QED) is 0.358. The number of rotatable bonds is 9. The number of carboxylic acids is 1. The van der Waals surface area contributed by atoms with Gasteiger partial charge in [-0.2, -0.15) is 0 Å². The normalized spacial score (nSPS) is 13.4. The molecule has 0 aliphatic heterocycles. The smallest absolute Gasteiger partial charge is 0.339 e. The molecule has 3 aromatic rings. The van der Waals surface area contributed by atoms with E-state index in [2.05, 4.69) is 11.4 Å². The Balaban J connectivity index is 1.49. The maximum Gasteiger partial charge on any atom is 0.339 e. The average Bonchev–Trinajstić information content (AvgIpc) is 3.16. The number of aliphatic carboxylic acids is 1. The molecule has 33 heavy (non-hydrogen) atoms. The molecule has 7 heteroatoms. The molecule has 1 amide bonds. The minimum Gasteiger partial charge on any atom is -0.481 e. The predicted octanol–water partition coefficient (Wildman–Crippen LogP) is 4.73. The molecular weight excluding hydrogens is 422 g/mol. The number of fused-ring (bicyclic) bond motifs is 4. The number of hydrogen-bond acceptors (Lipinski definition) is 5. The maximum absolute atomic E-state index is 12.8. The Labute approximate surface area is 192 Å². The van der Waals surface area contributed by atoms with Crippen molar-refractivity contribution in [1.29, 1.82) is 0 Å². The molecule has 2 N–H and O–H groups in total. The van der Waals surface area contributed by atoms with Crippen molar-refractivity contribution in [3.63, 3.8) is 0 Å². The number of nitrogens with one attached hydrogen (secondary N) is 1. The molecule has 0 unspecified atom stereocenters. The molecule has 7 nitrogen and oxygen atoms in total. The summed E-state index contributed by atoms with van der Waals surface area (Å²) in [7, 11) is 0. The van der Waals surface area contributed by atoms with Gasteiger partial charge in [0, 0.05) is 53.3 Å². The van der Waals surface area contributed by atoms with Crippen LogP contribution in [0.4, 0.5) is 0 Å². The molecule has 1 aromatic carbocycles. The number of carboxylic acid groups (broad SMARTS) is 1. The fourth-order valence-electron chi connectivity index (χ4n) is 4.84. The van der Waals surface area contributed by atoms with Crippen LogP contribution in [-0.4, -0.2) is 23.5 Å². The van der Waals surface area contributed by atoms with Crippen molar-refractivity contribution in [3.05, 3.63) is 44.5 Å². The standard InChI is InChI=1S/C26H31NO6/c1-15-17(11-12-22(28)27-13-7-3-4-10-23(29)30)26(31)33-24-16(2)25-20(14-19(15)24)18-8-5-6-9-21(18)32-25/h14H,3-13H2,1-2H3,(H,27,28)(H,29,30). The van der Waals surface area contributed by atoms with Gasteiger partial charge in [0.15, 0.2) is 0 Å². The lowest BCUT2D eigenvalue weighted by molar-refractivity contribution is -0.137. The van der Waals surface area contributed by atoms with Crippen LogP contribution < -0.4 is 10.9 Å². The Morgan fingerprint density at radius 1 is 0.970 bits per heavy atom. The molecule has 4 rings (SSSR count). The lowest BCUT2D eigenvalue weighted by atomic mass is 9.93. The van der Waals surface area contributed by atoms with Crippen LogP contribution in [0.2, 0.25) is 0 Å². The molecule has 0 fully saturated rings. The third-order valence-corrected chi connectivity index (χ3v) is 6.72. The van der Waals surface area contributed by atoms with Gasteiger partial charge in [0.1, 0.15) is 16.9 Å². The van der Waals surface area contributed by atoms with Crippen LogP contribution in [0, 0.1) is 13.8 Å². The van der Waals surface area contributed by atoms with Gasteiger partial charge in [0.05, 0.1) is 0 Å². The molecule has 2 aromatic heterocycles. The van der Waals surface area contributed by atoms with Crippen LogP contribution in [0.3, 0.4) is 0 Å². The summed E-state index contributed by atoms with van der Waals surface area (Å²) >= 11 is 0. The van der Waals surface area contributed by atoms with E-state index in [-0.39, 0.29) is 18.7 Å². The number of benzene rings is 1. The van der Waals surface area contributed by atoms with Gasteiger partial charge >= 0.3 is 11.6 Å². The zero-order valence-corrected chi connectivity index (χ0v) is 19.3. The number of aryl methyl sites for hydroxylation is 4. The number of carbonyl (C=O) groups is 2. The van der Waals surface area contributed by atoms with Crippen molar-refractivity contribution >= 4 is 33.8 Å². The molecule has 1 aliphatic carbocycles. The molecule has 0 bridgehead atoms. The highest BCUT2D eigenvalue weighted by Gasteiger charge is 2.23. The van der Waals surface area contributed by atoms with E-state index in [0.717, 1.165) is 71.8 Å². The van der Waals surface area contributed by atoms with Crippen molar-refractivity contribution < 1.29 is 23.5 Å². The number of furan rings is 1. The third kappa shape index (κ3) is 4.82. The second kappa shape index (κ2) is 9.81. The highest BCUT2D eigenvalue weighted by molar-refractivity contribution is 6.00. The van der Waals surface area contributed by atoms with Gasteiger partial charge in [0.25, 0.3) is 0 Å². The SMILES string of the molecule is Cc1c(CCC(=O)NCCCCCC(=O)O)c(=O)oc2c(C)c3oc4c(c3cc12)CCCC4. The summed E-state index contributed by atoms with van der Waals surface area (Å²) in [4.78, 5) is 35.5. The molecule has 176 valence electrons. The lowest BCUT2D eigenvalue weighted by Crippen LogP contribution is -2.25. The minimum absolute atomic E-state index is 0.123. The van der Waals surface area contributed by atoms with Crippen LogP contribution >= 0.6 is 0 Å². The van der Waals surface area contributed by atoms with E-state index >= 15 is 0 Å². The zero-order chi connectivity index (χ0) is 23.5. The largest absolute Gasteiger partial charge is 0.481 e. The topological polar surface area (TPSA) is 110 Å². The summed E-state index contributed by atoms with van der Waals surface area (Å²) in [6.07, 6.45) is 7.01. The van der Waals surface area contributed by atoms with Crippen molar-refractivity contribution in [2.45, 2.75) is 78.1 Å². The predicted molar refractivity (Wildman–Crippen MR) is 126 cm³/mol. The minimum atomic E-state index is -0.799.